The van der Waals surface area contributed by atoms with Gasteiger partial charge in [0, 0.05) is 11.7 Å². The molecule has 0 spiro atoms. The van der Waals surface area contributed by atoms with Gasteiger partial charge in [-0.3, -0.25) is 4.79 Å². The Morgan fingerprint density at radius 2 is 1.82 bits per heavy atom. The minimum absolute atomic E-state index is 0.0134. The van der Waals surface area contributed by atoms with Gasteiger partial charge >= 0.3 is 6.18 Å². The first kappa shape index (κ1) is 20.2. The van der Waals surface area contributed by atoms with Gasteiger partial charge in [0.1, 0.15) is 5.75 Å². The smallest absolute Gasteiger partial charge is 0.419 e. The number of ether oxygens (including phenoxy) is 1. The molecule has 6 nitrogen and oxygen atoms in total. The van der Waals surface area contributed by atoms with Crippen LogP contribution in [0.5, 0.6) is 5.75 Å². The fraction of sp³-hybridized carbons (Fsp3) is 0.278. The van der Waals surface area contributed by atoms with Gasteiger partial charge in [0.05, 0.1) is 10.5 Å². The number of benzene rings is 2. The summed E-state index contributed by atoms with van der Waals surface area (Å²) in [4.78, 5) is 12.0. The summed E-state index contributed by atoms with van der Waals surface area (Å²) < 4.78 is 70.7. The van der Waals surface area contributed by atoms with Crippen molar-refractivity contribution < 1.29 is 31.1 Å². The molecular formula is C18H17F3N2O4S. The lowest BCUT2D eigenvalue weighted by Gasteiger charge is -2.14. The summed E-state index contributed by atoms with van der Waals surface area (Å²) in [6.07, 6.45) is -3.04. The minimum atomic E-state index is -4.61. The molecule has 0 unspecified atom stereocenters. The van der Waals surface area contributed by atoms with E-state index in [2.05, 4.69) is 10.0 Å². The van der Waals surface area contributed by atoms with E-state index >= 15 is 0 Å². The molecule has 0 atom stereocenters. The Morgan fingerprint density at radius 1 is 1.11 bits per heavy atom. The van der Waals surface area contributed by atoms with E-state index in [-0.39, 0.29) is 16.6 Å². The van der Waals surface area contributed by atoms with Crippen LogP contribution >= 0.6 is 0 Å². The van der Waals surface area contributed by atoms with Crippen LogP contribution in [0.1, 0.15) is 18.4 Å². The van der Waals surface area contributed by atoms with Crippen molar-refractivity contribution in [2.45, 2.75) is 30.0 Å². The second-order valence-corrected chi connectivity index (χ2v) is 7.97. The zero-order valence-corrected chi connectivity index (χ0v) is 15.3. The van der Waals surface area contributed by atoms with E-state index in [4.69, 9.17) is 4.74 Å². The lowest BCUT2D eigenvalue weighted by molar-refractivity contribution is -0.139. The SMILES string of the molecule is O=C(COc1ccccc1C(F)(F)F)Nc1cccc(S(=O)(=O)NC2CC2)c1. The van der Waals surface area contributed by atoms with Crippen LogP contribution in [0, 0.1) is 0 Å². The summed E-state index contributed by atoms with van der Waals surface area (Å²) in [6.45, 7) is -0.662. The average Bonchev–Trinajstić information content (AvgIpc) is 3.43. The quantitative estimate of drug-likeness (QED) is 0.729. The molecule has 0 saturated heterocycles. The molecule has 0 heterocycles. The molecule has 10 heteroatoms. The number of rotatable bonds is 7. The first-order valence-electron chi connectivity index (χ1n) is 8.36. The van der Waals surface area contributed by atoms with Crippen molar-refractivity contribution in [2.75, 3.05) is 11.9 Å². The van der Waals surface area contributed by atoms with Crippen LogP contribution in [-0.2, 0) is 21.0 Å². The maximum atomic E-state index is 12.9. The highest BCUT2D eigenvalue weighted by Crippen LogP contribution is 2.35. The molecule has 2 aromatic rings. The predicted octanol–water partition coefficient (Wildman–Crippen LogP) is 3.16. The van der Waals surface area contributed by atoms with Crippen LogP contribution in [0.25, 0.3) is 0 Å². The highest BCUT2D eigenvalue weighted by molar-refractivity contribution is 7.89. The first-order valence-corrected chi connectivity index (χ1v) is 9.85. The summed E-state index contributed by atoms with van der Waals surface area (Å²) in [5.74, 6) is -1.18. The van der Waals surface area contributed by atoms with E-state index in [9.17, 15) is 26.4 Å². The Bertz CT molecular complexity index is 973. The molecule has 1 fully saturated rings. The number of sulfonamides is 1. The molecule has 1 amide bonds. The highest BCUT2D eigenvalue weighted by atomic mass is 32.2. The Hall–Kier alpha value is -2.59. The molecule has 1 aliphatic carbocycles. The lowest BCUT2D eigenvalue weighted by atomic mass is 10.2. The van der Waals surface area contributed by atoms with Gasteiger partial charge in [-0.1, -0.05) is 18.2 Å². The van der Waals surface area contributed by atoms with Gasteiger partial charge in [0.25, 0.3) is 5.91 Å². The van der Waals surface area contributed by atoms with Crippen molar-refractivity contribution in [2.24, 2.45) is 0 Å². The van der Waals surface area contributed by atoms with Crippen molar-refractivity contribution in [3.8, 4) is 5.75 Å². The van der Waals surface area contributed by atoms with Gasteiger partial charge in [-0.2, -0.15) is 13.2 Å². The second-order valence-electron chi connectivity index (χ2n) is 6.25. The molecular weight excluding hydrogens is 397 g/mol. The molecule has 2 N–H and O–H groups in total. The Labute approximate surface area is 159 Å². The van der Waals surface area contributed by atoms with E-state index in [0.717, 1.165) is 25.0 Å². The van der Waals surface area contributed by atoms with Crippen molar-refractivity contribution >= 4 is 21.6 Å². The molecule has 0 bridgehead atoms. The van der Waals surface area contributed by atoms with Gasteiger partial charge in [0.15, 0.2) is 6.61 Å². The normalized spacial score (nSPS) is 14.5. The number of para-hydroxylation sites is 1. The highest BCUT2D eigenvalue weighted by Gasteiger charge is 2.34. The van der Waals surface area contributed by atoms with Crippen LogP contribution < -0.4 is 14.8 Å². The largest absolute Gasteiger partial charge is 0.483 e. The van der Waals surface area contributed by atoms with Gasteiger partial charge in [0.2, 0.25) is 10.0 Å². The van der Waals surface area contributed by atoms with Crippen LogP contribution in [-0.4, -0.2) is 27.0 Å². The number of hydrogen-bond acceptors (Lipinski definition) is 4. The molecule has 28 heavy (non-hydrogen) atoms. The number of carbonyl (C=O) groups is 1. The van der Waals surface area contributed by atoms with Crippen LogP contribution in [0.3, 0.4) is 0 Å². The molecule has 2 aromatic carbocycles. The summed E-state index contributed by atoms with van der Waals surface area (Å²) in [7, 11) is -3.69. The fourth-order valence-corrected chi connectivity index (χ4v) is 3.75. The predicted molar refractivity (Wildman–Crippen MR) is 95.4 cm³/mol. The van der Waals surface area contributed by atoms with E-state index in [0.29, 0.717) is 0 Å². The third kappa shape index (κ3) is 5.23. The van der Waals surface area contributed by atoms with Crippen molar-refractivity contribution in [3.05, 3.63) is 54.1 Å². The number of amides is 1. The second kappa shape index (κ2) is 7.80. The third-order valence-corrected chi connectivity index (χ3v) is 5.40. The average molecular weight is 414 g/mol. The van der Waals surface area contributed by atoms with E-state index < -0.39 is 40.0 Å². The van der Waals surface area contributed by atoms with E-state index in [1.807, 2.05) is 0 Å². The van der Waals surface area contributed by atoms with Crippen LogP contribution in [0.4, 0.5) is 18.9 Å². The number of carbonyl (C=O) groups excluding carboxylic acids is 1. The zero-order chi connectivity index (χ0) is 20.4. The lowest BCUT2D eigenvalue weighted by Crippen LogP contribution is -2.26. The van der Waals surface area contributed by atoms with Crippen molar-refractivity contribution in [1.29, 1.82) is 0 Å². The topological polar surface area (TPSA) is 84.5 Å². The van der Waals surface area contributed by atoms with E-state index in [1.165, 1.54) is 36.4 Å². The van der Waals surface area contributed by atoms with E-state index in [1.54, 1.807) is 0 Å². The Kier molecular flexibility index (Phi) is 5.61. The summed E-state index contributed by atoms with van der Waals surface area (Å²) in [6, 6.07) is 10.1. The number of alkyl halides is 3. The van der Waals surface area contributed by atoms with Crippen LogP contribution in [0.15, 0.2) is 53.4 Å². The number of nitrogens with one attached hydrogen (secondary N) is 2. The van der Waals surface area contributed by atoms with Crippen molar-refractivity contribution in [3.63, 3.8) is 0 Å². The van der Waals surface area contributed by atoms with Gasteiger partial charge in [-0.15, -0.1) is 0 Å². The minimum Gasteiger partial charge on any atom is -0.483 e. The molecule has 1 saturated carbocycles. The summed E-state index contributed by atoms with van der Waals surface area (Å²) in [5, 5.41) is 2.41. The molecule has 0 radical (unpaired) electrons. The number of hydrogen-bond donors (Lipinski definition) is 2. The first-order chi connectivity index (χ1) is 13.1. The monoisotopic (exact) mass is 414 g/mol. The number of anilines is 1. The Morgan fingerprint density at radius 3 is 2.50 bits per heavy atom. The molecule has 1 aliphatic rings. The summed E-state index contributed by atoms with van der Waals surface area (Å²) in [5.41, 5.74) is -0.793. The van der Waals surface area contributed by atoms with Gasteiger partial charge in [-0.25, -0.2) is 13.1 Å². The molecule has 3 rings (SSSR count). The maximum absolute atomic E-state index is 12.9. The third-order valence-electron chi connectivity index (χ3n) is 3.88. The standard InChI is InChI=1S/C18H17F3N2O4S/c19-18(20,21)15-6-1-2-7-16(15)27-11-17(24)22-13-4-3-5-14(10-13)28(25,26)23-12-8-9-12/h1-7,10,12,23H,8-9,11H2,(H,22,24). The Balaban J connectivity index is 1.64. The van der Waals surface area contributed by atoms with Crippen LogP contribution in [0.2, 0.25) is 0 Å². The summed E-state index contributed by atoms with van der Waals surface area (Å²) >= 11 is 0. The molecule has 150 valence electrons. The van der Waals surface area contributed by atoms with Crippen molar-refractivity contribution in [1.82, 2.24) is 4.72 Å². The number of halogens is 3. The molecule has 0 aromatic heterocycles. The van der Waals surface area contributed by atoms with Gasteiger partial charge in [-0.05, 0) is 43.2 Å². The fourth-order valence-electron chi connectivity index (χ4n) is 2.40. The zero-order valence-electron chi connectivity index (χ0n) is 14.5. The molecule has 0 aliphatic heterocycles. The maximum Gasteiger partial charge on any atom is 0.419 e. The van der Waals surface area contributed by atoms with Gasteiger partial charge < -0.3 is 10.1 Å².